The summed E-state index contributed by atoms with van der Waals surface area (Å²) in [5.74, 6) is 0.700. The minimum absolute atomic E-state index is 0.282. The van der Waals surface area contributed by atoms with Crippen LogP contribution in [0.4, 0.5) is 0 Å². The minimum Gasteiger partial charge on any atom is -0.489 e. The Morgan fingerprint density at radius 1 is 1.35 bits per heavy atom. The van der Waals surface area contributed by atoms with Crippen LogP contribution in [0.15, 0.2) is 18.3 Å². The molecular formula is C16H17N3O. The van der Waals surface area contributed by atoms with E-state index in [9.17, 15) is 5.26 Å². The van der Waals surface area contributed by atoms with Gasteiger partial charge < -0.3 is 4.74 Å². The van der Waals surface area contributed by atoms with E-state index in [1.54, 1.807) is 0 Å². The molecule has 0 saturated heterocycles. The van der Waals surface area contributed by atoms with Crippen LogP contribution in [-0.2, 0) is 7.05 Å². The number of rotatable bonds is 3. The Hall–Kier alpha value is -2.28. The zero-order valence-electron chi connectivity index (χ0n) is 12.0. The summed E-state index contributed by atoms with van der Waals surface area (Å²) in [7, 11) is 1.90. The number of aromatic nitrogens is 2. The summed E-state index contributed by atoms with van der Waals surface area (Å²) in [4.78, 5) is 0. The molecule has 20 heavy (non-hydrogen) atoms. The van der Waals surface area contributed by atoms with Gasteiger partial charge in [0.2, 0.25) is 0 Å². The van der Waals surface area contributed by atoms with Crippen molar-refractivity contribution in [2.75, 3.05) is 0 Å². The van der Waals surface area contributed by atoms with Crippen LogP contribution in [0.25, 0.3) is 11.3 Å². The van der Waals surface area contributed by atoms with Crippen LogP contribution in [0.5, 0.6) is 5.75 Å². The first-order chi connectivity index (χ1) is 9.60. The van der Waals surface area contributed by atoms with Crippen LogP contribution in [-0.4, -0.2) is 15.9 Å². The van der Waals surface area contributed by atoms with Crippen LogP contribution in [0.2, 0.25) is 0 Å². The van der Waals surface area contributed by atoms with Crippen molar-refractivity contribution in [1.29, 1.82) is 5.26 Å². The van der Waals surface area contributed by atoms with Gasteiger partial charge in [0.15, 0.2) is 0 Å². The van der Waals surface area contributed by atoms with Crippen LogP contribution in [0.1, 0.15) is 29.5 Å². The van der Waals surface area contributed by atoms with E-state index in [4.69, 9.17) is 4.74 Å². The second-order valence-corrected chi connectivity index (χ2v) is 5.41. The van der Waals surface area contributed by atoms with Gasteiger partial charge in [-0.15, -0.1) is 0 Å². The summed E-state index contributed by atoms with van der Waals surface area (Å²) < 4.78 is 7.71. The number of hydrogen-bond acceptors (Lipinski definition) is 3. The first-order valence-corrected chi connectivity index (χ1v) is 6.80. The molecule has 0 radical (unpaired) electrons. The Kier molecular flexibility index (Phi) is 2.98. The summed E-state index contributed by atoms with van der Waals surface area (Å²) >= 11 is 0. The molecule has 0 spiro atoms. The van der Waals surface area contributed by atoms with Crippen LogP contribution in [0, 0.1) is 25.2 Å². The molecule has 0 unspecified atom stereocenters. The summed E-state index contributed by atoms with van der Waals surface area (Å²) in [5, 5.41) is 13.8. The number of ether oxygens (including phenoxy) is 1. The second-order valence-electron chi connectivity index (χ2n) is 5.41. The monoisotopic (exact) mass is 267 g/mol. The summed E-state index contributed by atoms with van der Waals surface area (Å²) in [6.07, 6.45) is 4.27. The van der Waals surface area contributed by atoms with E-state index in [1.165, 1.54) is 0 Å². The highest BCUT2D eigenvalue weighted by Gasteiger charge is 2.26. The summed E-state index contributed by atoms with van der Waals surface area (Å²) in [5.41, 5.74) is 4.64. The summed E-state index contributed by atoms with van der Waals surface area (Å²) in [6, 6.07) is 6.28. The van der Waals surface area contributed by atoms with Crippen LogP contribution < -0.4 is 4.74 Å². The maximum atomic E-state index is 9.54. The van der Waals surface area contributed by atoms with E-state index in [-0.39, 0.29) is 6.10 Å². The average molecular weight is 267 g/mol. The number of nitrogens with zero attached hydrogens (tertiary/aromatic N) is 3. The normalized spacial score (nSPS) is 14.1. The number of aryl methyl sites for hydroxylation is 3. The van der Waals surface area contributed by atoms with E-state index in [0.29, 0.717) is 11.3 Å². The molecule has 1 aromatic heterocycles. The number of nitriles is 1. The molecule has 0 N–H and O–H groups in total. The van der Waals surface area contributed by atoms with Crippen molar-refractivity contribution in [2.45, 2.75) is 32.8 Å². The molecule has 0 atom stereocenters. The third kappa shape index (κ3) is 2.16. The quantitative estimate of drug-likeness (QED) is 0.858. The lowest BCUT2D eigenvalue weighted by molar-refractivity contribution is 0.302. The lowest BCUT2D eigenvalue weighted by atomic mass is 9.99. The van der Waals surface area contributed by atoms with Gasteiger partial charge in [-0.05, 0) is 49.9 Å². The standard InChI is InChI=1S/C16H17N3O/c1-10-6-13(16-11(2)9-18-19(16)3)14(8-17)15(7-10)20-12-4-5-12/h6-7,9,12H,4-5H2,1-3H3. The number of benzene rings is 1. The summed E-state index contributed by atoms with van der Waals surface area (Å²) in [6.45, 7) is 4.03. The zero-order valence-corrected chi connectivity index (χ0v) is 12.0. The minimum atomic E-state index is 0.282. The van der Waals surface area contributed by atoms with E-state index in [0.717, 1.165) is 35.2 Å². The van der Waals surface area contributed by atoms with Crippen molar-refractivity contribution < 1.29 is 4.74 Å². The molecule has 4 heteroatoms. The van der Waals surface area contributed by atoms with E-state index in [1.807, 2.05) is 43.9 Å². The highest BCUT2D eigenvalue weighted by atomic mass is 16.5. The lowest BCUT2D eigenvalue weighted by Crippen LogP contribution is -2.02. The van der Waals surface area contributed by atoms with Gasteiger partial charge in [0.05, 0.1) is 18.0 Å². The first kappa shape index (κ1) is 12.7. The molecule has 0 bridgehead atoms. The highest BCUT2D eigenvalue weighted by Crippen LogP contribution is 2.36. The van der Waals surface area contributed by atoms with Gasteiger partial charge in [-0.3, -0.25) is 4.68 Å². The molecule has 4 nitrogen and oxygen atoms in total. The van der Waals surface area contributed by atoms with Crippen molar-refractivity contribution in [1.82, 2.24) is 9.78 Å². The third-order valence-corrected chi connectivity index (χ3v) is 3.55. The Morgan fingerprint density at radius 2 is 2.10 bits per heavy atom. The Labute approximate surface area is 118 Å². The fraction of sp³-hybridized carbons (Fsp3) is 0.375. The molecule has 1 fully saturated rings. The zero-order chi connectivity index (χ0) is 14.3. The third-order valence-electron chi connectivity index (χ3n) is 3.55. The topological polar surface area (TPSA) is 50.8 Å². The predicted octanol–water partition coefficient (Wildman–Crippen LogP) is 3.12. The fourth-order valence-electron chi connectivity index (χ4n) is 2.45. The Balaban J connectivity index is 2.19. The molecule has 1 aliphatic rings. The fourth-order valence-corrected chi connectivity index (χ4v) is 2.45. The van der Waals surface area contributed by atoms with Crippen molar-refractivity contribution in [2.24, 2.45) is 7.05 Å². The van der Waals surface area contributed by atoms with Gasteiger partial charge in [0.1, 0.15) is 17.4 Å². The van der Waals surface area contributed by atoms with Crippen molar-refractivity contribution in [3.05, 3.63) is 35.0 Å². The SMILES string of the molecule is Cc1cc(OC2CC2)c(C#N)c(-c2c(C)cnn2C)c1. The first-order valence-electron chi connectivity index (χ1n) is 6.80. The molecule has 1 saturated carbocycles. The molecule has 1 heterocycles. The van der Waals surface area contributed by atoms with Gasteiger partial charge in [0.25, 0.3) is 0 Å². The maximum absolute atomic E-state index is 9.54. The second kappa shape index (κ2) is 4.68. The molecule has 3 rings (SSSR count). The molecule has 1 aromatic carbocycles. The predicted molar refractivity (Wildman–Crippen MR) is 76.5 cm³/mol. The lowest BCUT2D eigenvalue weighted by Gasteiger charge is -2.13. The van der Waals surface area contributed by atoms with Gasteiger partial charge in [0, 0.05) is 12.6 Å². The van der Waals surface area contributed by atoms with E-state index >= 15 is 0 Å². The average Bonchev–Trinajstić information content (AvgIpc) is 3.14. The smallest absolute Gasteiger partial charge is 0.138 e. The molecule has 102 valence electrons. The largest absolute Gasteiger partial charge is 0.489 e. The van der Waals surface area contributed by atoms with Crippen molar-refractivity contribution in [3.63, 3.8) is 0 Å². The van der Waals surface area contributed by atoms with Gasteiger partial charge in [-0.1, -0.05) is 0 Å². The van der Waals surface area contributed by atoms with Crippen LogP contribution >= 0.6 is 0 Å². The molecule has 1 aliphatic carbocycles. The van der Waals surface area contributed by atoms with E-state index < -0.39 is 0 Å². The Morgan fingerprint density at radius 3 is 2.65 bits per heavy atom. The molecule has 0 amide bonds. The number of hydrogen-bond donors (Lipinski definition) is 0. The Bertz CT molecular complexity index is 686. The van der Waals surface area contributed by atoms with Crippen LogP contribution in [0.3, 0.4) is 0 Å². The highest BCUT2D eigenvalue weighted by molar-refractivity contribution is 5.74. The van der Waals surface area contributed by atoms with Crippen molar-refractivity contribution in [3.8, 4) is 23.1 Å². The van der Waals surface area contributed by atoms with Gasteiger partial charge in [-0.25, -0.2) is 0 Å². The molecule has 2 aromatic rings. The maximum Gasteiger partial charge on any atom is 0.138 e. The van der Waals surface area contributed by atoms with Gasteiger partial charge in [-0.2, -0.15) is 10.4 Å². The van der Waals surface area contributed by atoms with Gasteiger partial charge >= 0.3 is 0 Å². The van der Waals surface area contributed by atoms with Crippen molar-refractivity contribution >= 4 is 0 Å². The molecular weight excluding hydrogens is 250 g/mol. The molecule has 0 aliphatic heterocycles. The van der Waals surface area contributed by atoms with E-state index in [2.05, 4.69) is 11.2 Å².